The largest absolute Gasteiger partial charge is 0.426 e. The van der Waals surface area contributed by atoms with E-state index in [0.29, 0.717) is 0 Å². The summed E-state index contributed by atoms with van der Waals surface area (Å²) in [6.45, 7) is -5.24. The molecule has 0 aromatic carbocycles. The molecule has 0 rings (SSSR count). The van der Waals surface area contributed by atoms with Crippen molar-refractivity contribution in [2.75, 3.05) is 13.3 Å². The first kappa shape index (κ1) is 16.3. The second-order valence-corrected chi connectivity index (χ2v) is 3.29. The summed E-state index contributed by atoms with van der Waals surface area (Å²) in [5.41, 5.74) is 0. The van der Waals surface area contributed by atoms with Crippen LogP contribution >= 0.6 is 0 Å². The van der Waals surface area contributed by atoms with E-state index in [1.807, 2.05) is 0 Å². The second-order valence-electron chi connectivity index (χ2n) is 3.29. The Morgan fingerprint density at radius 3 is 1.59 bits per heavy atom. The van der Waals surface area contributed by atoms with Crippen molar-refractivity contribution >= 4 is 0 Å². The van der Waals surface area contributed by atoms with Gasteiger partial charge < -0.3 is 4.74 Å². The van der Waals surface area contributed by atoms with Gasteiger partial charge >= 0.3 is 18.0 Å². The third-order valence-corrected chi connectivity index (χ3v) is 1.50. The predicted molar refractivity (Wildman–Crippen MR) is 37.4 cm³/mol. The van der Waals surface area contributed by atoms with Crippen LogP contribution in [0.15, 0.2) is 0 Å². The Morgan fingerprint density at radius 2 is 1.29 bits per heavy atom. The normalized spacial score (nSPS) is 15.2. The molecule has 0 unspecified atom stereocenters. The molecule has 0 aliphatic rings. The quantitative estimate of drug-likeness (QED) is 0.676. The molecule has 0 aromatic rings. The number of hydrogen-bond donors (Lipinski definition) is 0. The van der Waals surface area contributed by atoms with Crippen LogP contribution < -0.4 is 0 Å². The minimum atomic E-state index is -6.24. The van der Waals surface area contributed by atoms with Crippen LogP contribution in [0.3, 0.4) is 0 Å². The molecule has 0 aromatic heterocycles. The third kappa shape index (κ3) is 3.65. The van der Waals surface area contributed by atoms with Crippen molar-refractivity contribution in [1.29, 1.82) is 0 Å². The van der Waals surface area contributed by atoms with Gasteiger partial charge in [0.15, 0.2) is 6.67 Å². The van der Waals surface area contributed by atoms with Gasteiger partial charge in [0.1, 0.15) is 6.61 Å². The van der Waals surface area contributed by atoms with Gasteiger partial charge in [0, 0.05) is 6.92 Å². The van der Waals surface area contributed by atoms with Crippen molar-refractivity contribution in [2.45, 2.75) is 30.8 Å². The summed E-state index contributed by atoms with van der Waals surface area (Å²) in [5, 5.41) is 0. The molecule has 1 nitrogen and oxygen atoms in total. The molecule has 0 saturated heterocycles. The lowest BCUT2D eigenvalue weighted by atomic mass is 10.1. The number of halogens is 9. The minimum absolute atomic E-state index is 0.0501. The van der Waals surface area contributed by atoms with Crippen LogP contribution in [0.2, 0.25) is 0 Å². The van der Waals surface area contributed by atoms with E-state index in [9.17, 15) is 39.5 Å². The van der Waals surface area contributed by atoms with E-state index in [-0.39, 0.29) is 6.92 Å². The van der Waals surface area contributed by atoms with Crippen LogP contribution in [-0.2, 0) is 4.74 Å². The average molecular weight is 278 g/mol. The van der Waals surface area contributed by atoms with Crippen molar-refractivity contribution in [3.63, 3.8) is 0 Å². The van der Waals surface area contributed by atoms with Gasteiger partial charge in [-0.1, -0.05) is 0 Å². The predicted octanol–water partition coefficient (Wildman–Crippen LogP) is 3.49. The first-order chi connectivity index (χ1) is 7.27. The Kier molecular flexibility index (Phi) is 4.36. The van der Waals surface area contributed by atoms with Crippen molar-refractivity contribution in [1.82, 2.24) is 0 Å². The number of ether oxygens (including phenoxy) is 1. The zero-order valence-electron chi connectivity index (χ0n) is 8.22. The van der Waals surface area contributed by atoms with Crippen LogP contribution in [0.5, 0.6) is 0 Å². The van der Waals surface area contributed by atoms with E-state index >= 15 is 0 Å². The van der Waals surface area contributed by atoms with Crippen LogP contribution in [0, 0.1) is 0 Å². The molecule has 0 aliphatic heterocycles. The average Bonchev–Trinajstić information content (AvgIpc) is 2.13. The number of alkyl halides is 9. The topological polar surface area (TPSA) is 9.23 Å². The molecule has 0 fully saturated rings. The molecule has 0 aliphatic carbocycles. The van der Waals surface area contributed by atoms with Crippen LogP contribution in [0.25, 0.3) is 0 Å². The van der Waals surface area contributed by atoms with E-state index < -0.39 is 37.2 Å². The molecule has 10 heteroatoms. The Hall–Kier alpha value is -0.670. The Labute approximate surface area is 89.5 Å². The minimum Gasteiger partial charge on any atom is -0.309 e. The zero-order chi connectivity index (χ0) is 14.1. The van der Waals surface area contributed by atoms with Gasteiger partial charge in [-0.05, 0) is 0 Å². The Bertz CT molecular complexity index is 257. The van der Waals surface area contributed by atoms with Crippen molar-refractivity contribution in [3.8, 4) is 0 Å². The lowest BCUT2D eigenvalue weighted by Gasteiger charge is -2.31. The Morgan fingerprint density at radius 1 is 0.882 bits per heavy atom. The highest BCUT2D eigenvalue weighted by molar-refractivity contribution is 4.91. The van der Waals surface area contributed by atoms with Gasteiger partial charge in [0.05, 0.1) is 0 Å². The molecule has 0 radical (unpaired) electrons. The van der Waals surface area contributed by atoms with E-state index in [0.717, 1.165) is 0 Å². The second kappa shape index (κ2) is 4.54. The molecular formula is C7H7F9O. The molecule has 0 heterocycles. The summed E-state index contributed by atoms with van der Waals surface area (Å²) in [5.74, 6) is -15.9. The van der Waals surface area contributed by atoms with Gasteiger partial charge in [0.2, 0.25) is 0 Å². The van der Waals surface area contributed by atoms with E-state index in [2.05, 4.69) is 4.74 Å². The summed E-state index contributed by atoms with van der Waals surface area (Å²) >= 11 is 0. The zero-order valence-corrected chi connectivity index (χ0v) is 8.22. The lowest BCUT2D eigenvalue weighted by molar-refractivity contribution is -0.405. The third-order valence-electron chi connectivity index (χ3n) is 1.50. The van der Waals surface area contributed by atoms with Crippen molar-refractivity contribution in [2.24, 2.45) is 0 Å². The molecule has 0 saturated carbocycles. The summed E-state index contributed by atoms with van der Waals surface area (Å²) in [7, 11) is 0. The van der Waals surface area contributed by atoms with Gasteiger partial charge in [0.25, 0.3) is 5.92 Å². The molecule has 0 spiro atoms. The molecule has 0 N–H and O–H groups in total. The maximum atomic E-state index is 12.5. The summed E-state index contributed by atoms with van der Waals surface area (Å²) < 4.78 is 113. The maximum Gasteiger partial charge on any atom is 0.426 e. The smallest absolute Gasteiger partial charge is 0.309 e. The molecular weight excluding hydrogens is 271 g/mol. The molecule has 17 heavy (non-hydrogen) atoms. The molecule has 0 bridgehead atoms. The SMILES string of the molecule is CC(F)(F)COC(F)(F)C(F)(F)C(F)(F)CF. The van der Waals surface area contributed by atoms with Gasteiger partial charge in [-0.3, -0.25) is 0 Å². The molecule has 104 valence electrons. The fourth-order valence-electron chi connectivity index (χ4n) is 0.605. The lowest BCUT2D eigenvalue weighted by Crippen LogP contribution is -2.57. The van der Waals surface area contributed by atoms with Crippen molar-refractivity contribution in [3.05, 3.63) is 0 Å². The van der Waals surface area contributed by atoms with E-state index in [1.54, 1.807) is 0 Å². The van der Waals surface area contributed by atoms with Crippen LogP contribution in [0.1, 0.15) is 6.92 Å². The first-order valence-corrected chi connectivity index (χ1v) is 3.98. The standard InChI is InChI=1S/C7H7F9O/c1-4(9,10)3-17-7(15,16)6(13,14)5(11,12)2-8/h2-3H2,1H3. The summed E-state index contributed by atoms with van der Waals surface area (Å²) in [6.07, 6.45) is -5.91. The van der Waals surface area contributed by atoms with Crippen molar-refractivity contribution < 1.29 is 44.3 Å². The van der Waals surface area contributed by atoms with Gasteiger partial charge in [-0.2, -0.15) is 26.3 Å². The highest BCUT2D eigenvalue weighted by Gasteiger charge is 2.73. The van der Waals surface area contributed by atoms with E-state index in [1.165, 1.54) is 0 Å². The number of rotatable bonds is 6. The van der Waals surface area contributed by atoms with Crippen LogP contribution in [-0.4, -0.2) is 37.2 Å². The number of hydrogen-bond acceptors (Lipinski definition) is 1. The first-order valence-electron chi connectivity index (χ1n) is 3.98. The van der Waals surface area contributed by atoms with Gasteiger partial charge in [-0.15, -0.1) is 0 Å². The highest BCUT2D eigenvalue weighted by atomic mass is 19.4. The van der Waals surface area contributed by atoms with E-state index in [4.69, 9.17) is 0 Å². The Balaban J connectivity index is 4.92. The molecule has 0 atom stereocenters. The monoisotopic (exact) mass is 278 g/mol. The maximum absolute atomic E-state index is 12.5. The molecule has 0 amide bonds. The van der Waals surface area contributed by atoms with Crippen LogP contribution in [0.4, 0.5) is 39.5 Å². The fourth-order valence-corrected chi connectivity index (χ4v) is 0.605. The summed E-state index contributed by atoms with van der Waals surface area (Å²) in [6, 6.07) is 0. The summed E-state index contributed by atoms with van der Waals surface area (Å²) in [4.78, 5) is 0. The highest BCUT2D eigenvalue weighted by Crippen LogP contribution is 2.46. The van der Waals surface area contributed by atoms with Gasteiger partial charge in [-0.25, -0.2) is 13.2 Å². The fraction of sp³-hybridized carbons (Fsp3) is 1.00.